The van der Waals surface area contributed by atoms with Gasteiger partial charge in [0, 0.05) is 0 Å². The molecule has 1 atom stereocenters. The molecule has 3 N–H and O–H groups in total. The Labute approximate surface area is 73.9 Å². The van der Waals surface area contributed by atoms with Gasteiger partial charge in [-0.15, -0.1) is 0 Å². The molecule has 0 heterocycles. The van der Waals surface area contributed by atoms with Gasteiger partial charge in [-0.05, 0) is 0 Å². The molecule has 4 nitrogen and oxygen atoms in total. The Morgan fingerprint density at radius 1 is 1.33 bits per heavy atom. The molecule has 0 radical (unpaired) electrons. The van der Waals surface area contributed by atoms with Crippen LogP contribution in [0.15, 0.2) is 0 Å². The minimum absolute atomic E-state index is 0.218. The monoisotopic (exact) mass is 198 g/mol. The van der Waals surface area contributed by atoms with E-state index in [1.165, 1.54) is 0 Å². The fraction of sp³-hybridized carbons (Fsp3) is 1.00. The summed E-state index contributed by atoms with van der Waals surface area (Å²) in [6, 6.07) is 0. The third-order valence-corrected chi connectivity index (χ3v) is 2.17. The molecule has 0 bridgehead atoms. The van der Waals surface area contributed by atoms with E-state index in [0.29, 0.717) is 0 Å². The standard InChI is InChI=1S/C7H19O4P/c1-3-4-5-7(2)6-11-12(8,9)10/h7-10,12H,3-6H2,1-2H3/t7-/m0/s1. The summed E-state index contributed by atoms with van der Waals surface area (Å²) in [5, 5.41) is 0. The molecule has 0 aromatic carbocycles. The Kier molecular flexibility index (Phi) is 5.97. The SMILES string of the molecule is CCCC[C@H](C)CO[PH](O)(O)O. The van der Waals surface area contributed by atoms with Gasteiger partial charge in [-0.1, -0.05) is 0 Å². The van der Waals surface area contributed by atoms with E-state index >= 15 is 0 Å². The minimum atomic E-state index is -4.26. The topological polar surface area (TPSA) is 69.9 Å². The summed E-state index contributed by atoms with van der Waals surface area (Å²) in [4.78, 5) is 25.6. The van der Waals surface area contributed by atoms with Crippen LogP contribution in [0.3, 0.4) is 0 Å². The Morgan fingerprint density at radius 2 is 1.92 bits per heavy atom. The summed E-state index contributed by atoms with van der Waals surface area (Å²) >= 11 is 0. The van der Waals surface area contributed by atoms with E-state index in [4.69, 9.17) is 14.7 Å². The fourth-order valence-corrected chi connectivity index (χ4v) is 1.40. The van der Waals surface area contributed by atoms with E-state index in [2.05, 4.69) is 11.4 Å². The van der Waals surface area contributed by atoms with Gasteiger partial charge in [-0.2, -0.15) is 0 Å². The molecule has 0 unspecified atom stereocenters. The van der Waals surface area contributed by atoms with Gasteiger partial charge in [-0.25, -0.2) is 0 Å². The molecule has 0 spiro atoms. The normalized spacial score (nSPS) is 16.1. The van der Waals surface area contributed by atoms with Crippen molar-refractivity contribution < 1.29 is 19.2 Å². The third kappa shape index (κ3) is 8.37. The van der Waals surface area contributed by atoms with E-state index in [0.717, 1.165) is 19.3 Å². The second kappa shape index (κ2) is 5.84. The Hall–Kier alpha value is 0.270. The summed E-state index contributed by atoms with van der Waals surface area (Å²) in [6.07, 6.45) is 3.20. The van der Waals surface area contributed by atoms with Gasteiger partial charge in [0.05, 0.1) is 0 Å². The number of hydrogen-bond donors (Lipinski definition) is 3. The summed E-state index contributed by atoms with van der Waals surface area (Å²) in [5.74, 6) is 0.267. The molecule has 0 amide bonds. The van der Waals surface area contributed by atoms with E-state index in [1.807, 2.05) is 6.92 Å². The van der Waals surface area contributed by atoms with Crippen LogP contribution in [0.2, 0.25) is 0 Å². The Balaban J connectivity index is 3.37. The van der Waals surface area contributed by atoms with Crippen molar-refractivity contribution in [2.24, 2.45) is 5.92 Å². The van der Waals surface area contributed by atoms with Crippen LogP contribution in [0.1, 0.15) is 33.1 Å². The van der Waals surface area contributed by atoms with E-state index in [-0.39, 0.29) is 12.5 Å². The van der Waals surface area contributed by atoms with Gasteiger partial charge in [0.15, 0.2) is 0 Å². The molecule has 0 saturated carbocycles. The third-order valence-electron chi connectivity index (χ3n) is 1.61. The van der Waals surface area contributed by atoms with Crippen LogP contribution >= 0.6 is 8.17 Å². The van der Waals surface area contributed by atoms with Gasteiger partial charge < -0.3 is 0 Å². The van der Waals surface area contributed by atoms with Gasteiger partial charge in [0.2, 0.25) is 0 Å². The first-order valence-corrected chi connectivity index (χ1v) is 6.01. The summed E-state index contributed by atoms with van der Waals surface area (Å²) in [7, 11) is -4.26. The van der Waals surface area contributed by atoms with Gasteiger partial charge in [-0.3, -0.25) is 0 Å². The first kappa shape index (κ1) is 12.3. The molecule has 0 rings (SSSR count). The van der Waals surface area contributed by atoms with Crippen LogP contribution in [0.4, 0.5) is 0 Å². The second-order valence-corrected chi connectivity index (χ2v) is 4.57. The zero-order valence-corrected chi connectivity index (χ0v) is 8.66. The molecule has 0 aromatic heterocycles. The van der Waals surface area contributed by atoms with E-state index < -0.39 is 8.17 Å². The molecule has 0 saturated heterocycles. The van der Waals surface area contributed by atoms with Crippen molar-refractivity contribution in [2.75, 3.05) is 6.61 Å². The van der Waals surface area contributed by atoms with E-state index in [1.54, 1.807) is 0 Å². The summed E-state index contributed by atoms with van der Waals surface area (Å²) < 4.78 is 4.49. The van der Waals surface area contributed by atoms with Crippen molar-refractivity contribution >= 4 is 8.17 Å². The van der Waals surface area contributed by atoms with Crippen LogP contribution in [0, 0.1) is 5.92 Å². The van der Waals surface area contributed by atoms with Gasteiger partial charge in [0.1, 0.15) is 0 Å². The van der Waals surface area contributed by atoms with Gasteiger partial charge in [0.25, 0.3) is 0 Å². The predicted octanol–water partition coefficient (Wildman–Crippen LogP) is 1.22. The van der Waals surface area contributed by atoms with Crippen molar-refractivity contribution in [3.63, 3.8) is 0 Å². The van der Waals surface area contributed by atoms with Crippen molar-refractivity contribution in [3.8, 4) is 0 Å². The van der Waals surface area contributed by atoms with Crippen molar-refractivity contribution in [1.29, 1.82) is 0 Å². The van der Waals surface area contributed by atoms with Crippen LogP contribution in [-0.2, 0) is 4.52 Å². The Bertz CT molecular complexity index is 112. The molecule has 0 aromatic rings. The molecule has 0 aliphatic heterocycles. The molecule has 12 heavy (non-hydrogen) atoms. The zero-order valence-electron chi connectivity index (χ0n) is 7.66. The average Bonchev–Trinajstić information content (AvgIpc) is 1.95. The second-order valence-electron chi connectivity index (χ2n) is 3.13. The van der Waals surface area contributed by atoms with Crippen molar-refractivity contribution in [2.45, 2.75) is 33.1 Å². The number of rotatable bonds is 6. The maximum atomic E-state index is 8.52. The molecular weight excluding hydrogens is 179 g/mol. The summed E-state index contributed by atoms with van der Waals surface area (Å²) in [5.41, 5.74) is 0. The van der Waals surface area contributed by atoms with Crippen LogP contribution < -0.4 is 0 Å². The molecule has 0 aliphatic rings. The van der Waals surface area contributed by atoms with Gasteiger partial charge >= 0.3 is 73.0 Å². The fourth-order valence-electron chi connectivity index (χ4n) is 0.890. The van der Waals surface area contributed by atoms with Crippen LogP contribution in [-0.4, -0.2) is 21.3 Å². The number of hydrogen-bond acceptors (Lipinski definition) is 4. The first-order valence-electron chi connectivity index (χ1n) is 4.26. The molecule has 0 aliphatic carbocycles. The molecular formula is C7H19O4P. The Morgan fingerprint density at radius 3 is 2.33 bits per heavy atom. The predicted molar refractivity (Wildman–Crippen MR) is 49.6 cm³/mol. The van der Waals surface area contributed by atoms with Crippen molar-refractivity contribution in [1.82, 2.24) is 0 Å². The maximum absolute atomic E-state index is 8.52. The zero-order chi connectivity index (χ0) is 9.61. The molecule has 0 fully saturated rings. The average molecular weight is 198 g/mol. The number of unbranched alkanes of at least 4 members (excludes halogenated alkanes) is 1. The molecule has 76 valence electrons. The van der Waals surface area contributed by atoms with Crippen molar-refractivity contribution in [3.05, 3.63) is 0 Å². The quantitative estimate of drug-likeness (QED) is 0.561. The summed E-state index contributed by atoms with van der Waals surface area (Å²) in [6.45, 7) is 4.27. The molecule has 5 heteroatoms. The van der Waals surface area contributed by atoms with Crippen LogP contribution in [0.5, 0.6) is 0 Å². The first-order chi connectivity index (χ1) is 5.45. The van der Waals surface area contributed by atoms with Crippen LogP contribution in [0.25, 0.3) is 0 Å². The van der Waals surface area contributed by atoms with E-state index in [9.17, 15) is 0 Å².